The fraction of sp³-hybridized carbons (Fsp3) is 0.533. The molecule has 1 aliphatic rings. The highest BCUT2D eigenvalue weighted by Crippen LogP contribution is 2.38. The number of carboxylic acid groups (broad SMARTS) is 1. The van der Waals surface area contributed by atoms with E-state index in [1.165, 1.54) is 6.07 Å². The summed E-state index contributed by atoms with van der Waals surface area (Å²) in [6.07, 6.45) is 3.90. The minimum absolute atomic E-state index is 0.0903. The number of hydrogen-bond acceptors (Lipinski definition) is 4. The first-order chi connectivity index (χ1) is 9.93. The van der Waals surface area contributed by atoms with Crippen molar-refractivity contribution in [2.24, 2.45) is 11.3 Å². The molecule has 6 heteroatoms. The van der Waals surface area contributed by atoms with Crippen molar-refractivity contribution in [2.75, 3.05) is 6.54 Å². The van der Waals surface area contributed by atoms with Gasteiger partial charge in [0.2, 0.25) is 0 Å². The van der Waals surface area contributed by atoms with Gasteiger partial charge in [0.1, 0.15) is 6.26 Å². The quantitative estimate of drug-likeness (QED) is 0.879. The van der Waals surface area contributed by atoms with Crippen LogP contribution in [0.1, 0.15) is 43.0 Å². The molecule has 1 saturated carbocycles. The van der Waals surface area contributed by atoms with E-state index in [9.17, 15) is 19.5 Å². The van der Waals surface area contributed by atoms with E-state index in [-0.39, 0.29) is 12.1 Å². The molecule has 1 aromatic rings. The van der Waals surface area contributed by atoms with Gasteiger partial charge < -0.3 is 14.8 Å². The maximum Gasteiger partial charge on any atom is 0.335 e. The number of hydrogen-bond donors (Lipinski definition) is 2. The number of aliphatic carboxylic acids is 1. The van der Waals surface area contributed by atoms with Gasteiger partial charge in [-0.3, -0.25) is 9.59 Å². The van der Waals surface area contributed by atoms with Gasteiger partial charge in [0.15, 0.2) is 0 Å². The molecule has 0 unspecified atom stereocenters. The van der Waals surface area contributed by atoms with Crippen molar-refractivity contribution in [3.05, 3.63) is 34.4 Å². The molecule has 0 spiro atoms. The first-order valence-electron chi connectivity index (χ1n) is 7.03. The maximum absolute atomic E-state index is 12.0. The standard InChI is InChI=1S/C15H19NO5/c1-10-4-6-15(7-5-10,14(19)20)9-16-13(18)11-2-3-12(17)21-8-11/h2-3,8,10H,4-7,9H2,1H3,(H,16,18)(H,19,20). The lowest BCUT2D eigenvalue weighted by molar-refractivity contribution is -0.151. The molecule has 21 heavy (non-hydrogen) atoms. The number of nitrogens with one attached hydrogen (secondary N) is 1. The van der Waals surface area contributed by atoms with Gasteiger partial charge in [-0.2, -0.15) is 0 Å². The fourth-order valence-electron chi connectivity index (χ4n) is 2.62. The minimum Gasteiger partial charge on any atom is -0.481 e. The zero-order chi connectivity index (χ0) is 15.5. The van der Waals surface area contributed by atoms with E-state index in [1.807, 2.05) is 0 Å². The molecular weight excluding hydrogens is 274 g/mol. The molecule has 0 aliphatic heterocycles. The Balaban J connectivity index is 2.02. The second kappa shape index (κ2) is 6.11. The first kappa shape index (κ1) is 15.3. The second-order valence-electron chi connectivity index (χ2n) is 5.79. The van der Waals surface area contributed by atoms with Crippen LogP contribution in [0.2, 0.25) is 0 Å². The molecule has 1 amide bonds. The Bertz CT molecular complexity index is 563. The largest absolute Gasteiger partial charge is 0.481 e. The number of carbonyl (C=O) groups is 2. The molecule has 2 rings (SSSR count). The third kappa shape index (κ3) is 3.51. The van der Waals surface area contributed by atoms with E-state index in [0.717, 1.165) is 25.2 Å². The molecule has 1 aromatic heterocycles. The van der Waals surface area contributed by atoms with Gasteiger partial charge in [0, 0.05) is 12.6 Å². The molecule has 1 fully saturated rings. The van der Waals surface area contributed by atoms with Crippen LogP contribution in [0.5, 0.6) is 0 Å². The lowest BCUT2D eigenvalue weighted by Crippen LogP contribution is -2.45. The highest BCUT2D eigenvalue weighted by atomic mass is 16.4. The molecule has 6 nitrogen and oxygen atoms in total. The Labute approximate surface area is 122 Å². The predicted octanol–water partition coefficient (Wildman–Crippen LogP) is 1.65. The van der Waals surface area contributed by atoms with Crippen LogP contribution in [0.25, 0.3) is 0 Å². The molecule has 0 aromatic carbocycles. The van der Waals surface area contributed by atoms with Crippen LogP contribution in [0, 0.1) is 11.3 Å². The zero-order valence-electron chi connectivity index (χ0n) is 11.9. The summed E-state index contributed by atoms with van der Waals surface area (Å²) < 4.78 is 4.63. The summed E-state index contributed by atoms with van der Waals surface area (Å²) in [4.78, 5) is 34.4. The average Bonchev–Trinajstić information content (AvgIpc) is 2.47. The summed E-state index contributed by atoms with van der Waals surface area (Å²) in [6.45, 7) is 2.20. The van der Waals surface area contributed by atoms with E-state index in [4.69, 9.17) is 0 Å². The smallest absolute Gasteiger partial charge is 0.335 e. The third-order valence-electron chi connectivity index (χ3n) is 4.24. The SMILES string of the molecule is CC1CCC(CNC(=O)c2ccc(=O)oc2)(C(=O)O)CC1. The van der Waals surface area contributed by atoms with E-state index in [1.54, 1.807) is 0 Å². The maximum atomic E-state index is 12.0. The Kier molecular flexibility index (Phi) is 4.45. The number of carbonyl (C=O) groups excluding carboxylic acids is 1. The van der Waals surface area contributed by atoms with Gasteiger partial charge in [-0.15, -0.1) is 0 Å². The molecule has 114 valence electrons. The number of rotatable bonds is 4. The van der Waals surface area contributed by atoms with Crippen molar-refractivity contribution in [1.82, 2.24) is 5.32 Å². The van der Waals surface area contributed by atoms with Gasteiger partial charge in [0.25, 0.3) is 5.91 Å². The number of carboxylic acids is 1. The summed E-state index contributed by atoms with van der Waals surface area (Å²) >= 11 is 0. The van der Waals surface area contributed by atoms with E-state index >= 15 is 0 Å². The summed E-state index contributed by atoms with van der Waals surface area (Å²) in [5, 5.41) is 12.1. The van der Waals surface area contributed by atoms with Crippen LogP contribution >= 0.6 is 0 Å². The van der Waals surface area contributed by atoms with Crippen molar-refractivity contribution < 1.29 is 19.1 Å². The lowest BCUT2D eigenvalue weighted by Gasteiger charge is -2.35. The molecule has 1 heterocycles. The van der Waals surface area contributed by atoms with E-state index in [2.05, 4.69) is 16.7 Å². The Morgan fingerprint density at radius 1 is 1.38 bits per heavy atom. The molecule has 0 saturated heterocycles. The van der Waals surface area contributed by atoms with Crippen molar-refractivity contribution in [3.63, 3.8) is 0 Å². The van der Waals surface area contributed by atoms with Crippen LogP contribution in [-0.2, 0) is 4.79 Å². The lowest BCUT2D eigenvalue weighted by atomic mass is 9.71. The zero-order valence-corrected chi connectivity index (χ0v) is 11.9. The van der Waals surface area contributed by atoms with Crippen LogP contribution in [0.15, 0.2) is 27.6 Å². The molecule has 0 radical (unpaired) electrons. The van der Waals surface area contributed by atoms with Gasteiger partial charge in [0.05, 0.1) is 11.0 Å². The average molecular weight is 293 g/mol. The van der Waals surface area contributed by atoms with Crippen LogP contribution in [-0.4, -0.2) is 23.5 Å². The third-order valence-corrected chi connectivity index (χ3v) is 4.24. The molecule has 0 bridgehead atoms. The molecular formula is C15H19NO5. The summed E-state index contributed by atoms with van der Waals surface area (Å²) in [7, 11) is 0. The van der Waals surface area contributed by atoms with Gasteiger partial charge in [-0.05, 0) is 37.7 Å². The Morgan fingerprint density at radius 3 is 2.57 bits per heavy atom. The predicted molar refractivity (Wildman–Crippen MR) is 75.0 cm³/mol. The Morgan fingerprint density at radius 2 is 2.05 bits per heavy atom. The highest BCUT2D eigenvalue weighted by Gasteiger charge is 2.41. The van der Waals surface area contributed by atoms with Crippen LogP contribution < -0.4 is 10.9 Å². The van der Waals surface area contributed by atoms with Crippen molar-refractivity contribution in [1.29, 1.82) is 0 Å². The van der Waals surface area contributed by atoms with Gasteiger partial charge in [-0.1, -0.05) is 6.92 Å². The van der Waals surface area contributed by atoms with Gasteiger partial charge >= 0.3 is 11.6 Å². The van der Waals surface area contributed by atoms with E-state index < -0.39 is 22.9 Å². The van der Waals surface area contributed by atoms with Crippen molar-refractivity contribution >= 4 is 11.9 Å². The molecule has 1 aliphatic carbocycles. The van der Waals surface area contributed by atoms with E-state index in [0.29, 0.717) is 18.8 Å². The van der Waals surface area contributed by atoms with Crippen LogP contribution in [0.3, 0.4) is 0 Å². The monoisotopic (exact) mass is 293 g/mol. The topological polar surface area (TPSA) is 96.6 Å². The first-order valence-corrected chi connectivity index (χ1v) is 7.03. The van der Waals surface area contributed by atoms with Crippen molar-refractivity contribution in [2.45, 2.75) is 32.6 Å². The van der Waals surface area contributed by atoms with Gasteiger partial charge in [-0.25, -0.2) is 4.79 Å². The van der Waals surface area contributed by atoms with Crippen LogP contribution in [0.4, 0.5) is 0 Å². The molecule has 0 atom stereocenters. The Hall–Kier alpha value is -2.11. The fourth-order valence-corrected chi connectivity index (χ4v) is 2.62. The summed E-state index contributed by atoms with van der Waals surface area (Å²) in [5.74, 6) is -0.774. The minimum atomic E-state index is -0.891. The normalized spacial score (nSPS) is 25.3. The highest BCUT2D eigenvalue weighted by molar-refractivity contribution is 5.94. The molecule has 2 N–H and O–H groups in total. The number of amides is 1. The van der Waals surface area contributed by atoms with Crippen molar-refractivity contribution in [3.8, 4) is 0 Å². The second-order valence-corrected chi connectivity index (χ2v) is 5.79. The summed E-state index contributed by atoms with van der Waals surface area (Å²) in [5.41, 5.74) is -1.22. The summed E-state index contributed by atoms with van der Waals surface area (Å²) in [6, 6.07) is 2.52.